The molecule has 0 aliphatic carbocycles. The molecule has 2 rings (SSSR count). The third-order valence-corrected chi connectivity index (χ3v) is 3.18. The van der Waals surface area contributed by atoms with E-state index in [0.717, 1.165) is 0 Å². The molecule has 0 bridgehead atoms. The average Bonchev–Trinajstić information content (AvgIpc) is 2.42. The molecule has 20 heavy (non-hydrogen) atoms. The highest BCUT2D eigenvalue weighted by Gasteiger charge is 2.13. The molecule has 0 aliphatic heterocycles. The van der Waals surface area contributed by atoms with Crippen molar-refractivity contribution in [3.63, 3.8) is 0 Å². The van der Waals surface area contributed by atoms with Crippen LogP contribution in [0.3, 0.4) is 0 Å². The maximum absolute atomic E-state index is 10.8. The zero-order chi connectivity index (χ0) is 14.7. The van der Waals surface area contributed by atoms with Crippen molar-refractivity contribution in [1.29, 1.82) is 0 Å². The van der Waals surface area contributed by atoms with Crippen LogP contribution in [0.25, 0.3) is 11.3 Å². The van der Waals surface area contributed by atoms with Crippen LogP contribution in [0.15, 0.2) is 30.3 Å². The van der Waals surface area contributed by atoms with Crippen LogP contribution in [-0.4, -0.2) is 16.5 Å². The number of nitrogens with one attached hydrogen (secondary N) is 1. The number of hydrogen-bond donors (Lipinski definition) is 1. The third kappa shape index (κ3) is 3.00. The van der Waals surface area contributed by atoms with Crippen molar-refractivity contribution in [2.75, 3.05) is 11.9 Å². The van der Waals surface area contributed by atoms with Crippen molar-refractivity contribution in [3.05, 3.63) is 50.5 Å². The van der Waals surface area contributed by atoms with E-state index in [1.54, 1.807) is 18.2 Å². The molecule has 0 radical (unpaired) electrons. The Morgan fingerprint density at radius 2 is 2.05 bits per heavy atom. The number of pyridine rings is 1. The van der Waals surface area contributed by atoms with E-state index in [1.807, 2.05) is 6.92 Å². The smallest absolute Gasteiger partial charge is 0.270 e. The summed E-state index contributed by atoms with van der Waals surface area (Å²) in [5.74, 6) is 0.500. The van der Waals surface area contributed by atoms with Gasteiger partial charge < -0.3 is 5.32 Å². The Morgan fingerprint density at radius 1 is 1.30 bits per heavy atom. The van der Waals surface area contributed by atoms with Crippen molar-refractivity contribution < 1.29 is 4.92 Å². The number of halogens is 2. The molecule has 0 amide bonds. The maximum atomic E-state index is 10.8. The second kappa shape index (κ2) is 6.07. The number of non-ortho nitro benzene ring substituents is 1. The number of aromatic nitrogens is 1. The molecule has 1 N–H and O–H groups in total. The number of rotatable bonds is 4. The van der Waals surface area contributed by atoms with Gasteiger partial charge in [-0.2, -0.15) is 0 Å². The highest BCUT2D eigenvalue weighted by Crippen LogP contribution is 2.33. The van der Waals surface area contributed by atoms with Crippen molar-refractivity contribution >= 4 is 34.7 Å². The monoisotopic (exact) mass is 311 g/mol. The van der Waals surface area contributed by atoms with Gasteiger partial charge in [0, 0.05) is 24.2 Å². The van der Waals surface area contributed by atoms with E-state index >= 15 is 0 Å². The normalized spacial score (nSPS) is 10.3. The van der Waals surface area contributed by atoms with E-state index in [0.29, 0.717) is 33.7 Å². The van der Waals surface area contributed by atoms with Crippen molar-refractivity contribution in [2.24, 2.45) is 0 Å². The lowest BCUT2D eigenvalue weighted by molar-refractivity contribution is -0.384. The van der Waals surface area contributed by atoms with Gasteiger partial charge in [-0.15, -0.1) is 0 Å². The summed E-state index contributed by atoms with van der Waals surface area (Å²) in [6.07, 6.45) is 0. The van der Waals surface area contributed by atoms with Crippen molar-refractivity contribution in [2.45, 2.75) is 6.92 Å². The number of anilines is 1. The number of nitro groups is 1. The van der Waals surface area contributed by atoms with Gasteiger partial charge in [0.1, 0.15) is 5.82 Å². The quantitative estimate of drug-likeness (QED) is 0.671. The largest absolute Gasteiger partial charge is 0.369 e. The van der Waals surface area contributed by atoms with Gasteiger partial charge in [0.25, 0.3) is 5.69 Å². The third-order valence-electron chi connectivity index (χ3n) is 2.60. The Labute approximate surface area is 125 Å². The molecule has 5 nitrogen and oxygen atoms in total. The topological polar surface area (TPSA) is 68.1 Å². The summed E-state index contributed by atoms with van der Waals surface area (Å²) in [5, 5.41) is 14.6. The highest BCUT2D eigenvalue weighted by atomic mass is 35.5. The molecular weight excluding hydrogens is 301 g/mol. The molecule has 0 saturated heterocycles. The molecule has 0 atom stereocenters. The minimum atomic E-state index is -0.460. The van der Waals surface area contributed by atoms with Crippen LogP contribution < -0.4 is 5.32 Å². The van der Waals surface area contributed by atoms with Crippen LogP contribution in [0.5, 0.6) is 0 Å². The van der Waals surface area contributed by atoms with Crippen LogP contribution in [0.4, 0.5) is 11.5 Å². The predicted molar refractivity (Wildman–Crippen MR) is 80.5 cm³/mol. The second-order valence-corrected chi connectivity index (χ2v) is 4.80. The number of hydrogen-bond acceptors (Lipinski definition) is 4. The van der Waals surface area contributed by atoms with Gasteiger partial charge in [-0.25, -0.2) is 4.98 Å². The van der Waals surface area contributed by atoms with Gasteiger partial charge >= 0.3 is 0 Å². The van der Waals surface area contributed by atoms with Gasteiger partial charge in [0.2, 0.25) is 0 Å². The Kier molecular flexibility index (Phi) is 4.42. The summed E-state index contributed by atoms with van der Waals surface area (Å²) < 4.78 is 0. The summed E-state index contributed by atoms with van der Waals surface area (Å²) in [5.41, 5.74) is 1.01. The van der Waals surface area contributed by atoms with E-state index in [9.17, 15) is 10.1 Å². The van der Waals surface area contributed by atoms with Gasteiger partial charge in [-0.05, 0) is 13.0 Å². The lowest BCUT2D eigenvalue weighted by Gasteiger charge is -2.10. The van der Waals surface area contributed by atoms with Gasteiger partial charge in [0.15, 0.2) is 0 Å². The zero-order valence-electron chi connectivity index (χ0n) is 10.6. The molecule has 0 fully saturated rings. The predicted octanol–water partition coefficient (Wildman–Crippen LogP) is 4.40. The van der Waals surface area contributed by atoms with Gasteiger partial charge in [-0.1, -0.05) is 35.3 Å². The Hall–Kier alpha value is -1.85. The first-order valence-electron chi connectivity index (χ1n) is 5.87. The van der Waals surface area contributed by atoms with Crippen LogP contribution in [0.2, 0.25) is 10.0 Å². The molecule has 104 valence electrons. The second-order valence-electron chi connectivity index (χ2n) is 3.99. The van der Waals surface area contributed by atoms with Crippen LogP contribution in [0, 0.1) is 10.1 Å². The molecule has 1 aromatic heterocycles. The Morgan fingerprint density at radius 3 is 2.70 bits per heavy atom. The number of benzene rings is 1. The minimum Gasteiger partial charge on any atom is -0.369 e. The van der Waals surface area contributed by atoms with E-state index in [2.05, 4.69) is 10.3 Å². The molecule has 0 spiro atoms. The fourth-order valence-corrected chi connectivity index (χ4v) is 2.26. The summed E-state index contributed by atoms with van der Waals surface area (Å²) in [6, 6.07) is 7.72. The number of nitrogens with zero attached hydrogens (tertiary/aromatic N) is 2. The lowest BCUT2D eigenvalue weighted by atomic mass is 10.1. The zero-order valence-corrected chi connectivity index (χ0v) is 12.1. The van der Waals surface area contributed by atoms with E-state index in [1.165, 1.54) is 12.1 Å². The summed E-state index contributed by atoms with van der Waals surface area (Å²) in [6.45, 7) is 2.57. The van der Waals surface area contributed by atoms with Crippen LogP contribution >= 0.6 is 23.2 Å². The Balaban J connectivity index is 2.54. The highest BCUT2D eigenvalue weighted by molar-refractivity contribution is 6.37. The summed E-state index contributed by atoms with van der Waals surface area (Å²) in [7, 11) is 0. The summed E-state index contributed by atoms with van der Waals surface area (Å²) >= 11 is 12.2. The molecule has 1 heterocycles. The van der Waals surface area contributed by atoms with E-state index in [4.69, 9.17) is 23.2 Å². The molecular formula is C13H11Cl2N3O2. The molecule has 1 aromatic carbocycles. The van der Waals surface area contributed by atoms with E-state index < -0.39 is 4.92 Å². The average molecular weight is 312 g/mol. The fraction of sp³-hybridized carbons (Fsp3) is 0.154. The Bertz CT molecular complexity index is 662. The first-order chi connectivity index (χ1) is 9.52. The van der Waals surface area contributed by atoms with Gasteiger partial charge in [-0.3, -0.25) is 10.1 Å². The van der Waals surface area contributed by atoms with Crippen molar-refractivity contribution in [3.8, 4) is 11.3 Å². The van der Waals surface area contributed by atoms with Crippen LogP contribution in [-0.2, 0) is 0 Å². The first kappa shape index (κ1) is 14.6. The van der Waals surface area contributed by atoms with Crippen LogP contribution in [0.1, 0.15) is 6.92 Å². The SMILES string of the molecule is CCNc1nc(-c2cccc([N+](=O)[O-])c2)c(Cl)cc1Cl. The molecule has 0 aliphatic rings. The first-order valence-corrected chi connectivity index (χ1v) is 6.63. The standard InChI is InChI=1S/C13H11Cl2N3O2/c1-2-16-13-11(15)7-10(14)12(17-13)8-4-3-5-9(6-8)18(19)20/h3-7H,2H2,1H3,(H,16,17). The maximum Gasteiger partial charge on any atom is 0.270 e. The molecule has 0 saturated carbocycles. The number of nitro benzene ring substituents is 1. The molecule has 7 heteroatoms. The fourth-order valence-electron chi connectivity index (χ4n) is 1.73. The molecule has 2 aromatic rings. The van der Waals surface area contributed by atoms with Gasteiger partial charge in [0.05, 0.1) is 20.7 Å². The molecule has 0 unspecified atom stereocenters. The summed E-state index contributed by atoms with van der Waals surface area (Å²) in [4.78, 5) is 14.7. The van der Waals surface area contributed by atoms with E-state index in [-0.39, 0.29) is 5.69 Å². The van der Waals surface area contributed by atoms with Crippen molar-refractivity contribution in [1.82, 2.24) is 4.98 Å². The lowest BCUT2D eigenvalue weighted by Crippen LogP contribution is -2.01. The minimum absolute atomic E-state index is 0.0136.